The van der Waals surface area contributed by atoms with Crippen LogP contribution in [0.3, 0.4) is 0 Å². The fourth-order valence-electron chi connectivity index (χ4n) is 1.95. The third-order valence-corrected chi connectivity index (χ3v) is 3.18. The van der Waals surface area contributed by atoms with Gasteiger partial charge in [0.15, 0.2) is 0 Å². The highest BCUT2D eigenvalue weighted by atomic mass is 16.1. The number of aryl methyl sites for hydroxylation is 1. The average molecular weight is 264 g/mol. The van der Waals surface area contributed by atoms with Gasteiger partial charge in [-0.05, 0) is 35.7 Å². The van der Waals surface area contributed by atoms with Gasteiger partial charge in [0.25, 0.3) is 0 Å². The lowest BCUT2D eigenvalue weighted by Gasteiger charge is -2.08. The maximum Gasteiger partial charge on any atom is 0.224 e. The first-order valence-corrected chi connectivity index (χ1v) is 6.49. The van der Waals surface area contributed by atoms with Crippen LogP contribution in [0.4, 0.5) is 0 Å². The largest absolute Gasteiger partial charge is 0.352 e. The van der Waals surface area contributed by atoms with Crippen molar-refractivity contribution >= 4 is 5.91 Å². The molecule has 20 heavy (non-hydrogen) atoms. The van der Waals surface area contributed by atoms with Crippen molar-refractivity contribution in [3.05, 3.63) is 70.8 Å². The van der Waals surface area contributed by atoms with E-state index in [2.05, 4.69) is 11.4 Å². The second-order valence-corrected chi connectivity index (χ2v) is 4.69. The van der Waals surface area contributed by atoms with E-state index >= 15 is 0 Å². The van der Waals surface area contributed by atoms with Crippen LogP contribution >= 0.6 is 0 Å². The van der Waals surface area contributed by atoms with Crippen LogP contribution in [-0.2, 0) is 17.8 Å². The molecule has 0 fully saturated rings. The van der Waals surface area contributed by atoms with E-state index in [1.807, 2.05) is 43.3 Å². The fraction of sp³-hybridized carbons (Fsp3) is 0.176. The summed E-state index contributed by atoms with van der Waals surface area (Å²) in [7, 11) is 0. The van der Waals surface area contributed by atoms with Gasteiger partial charge in [0.1, 0.15) is 0 Å². The second kappa shape index (κ2) is 6.53. The first kappa shape index (κ1) is 13.8. The lowest BCUT2D eigenvalue weighted by molar-refractivity contribution is -0.120. The third-order valence-electron chi connectivity index (χ3n) is 3.18. The van der Waals surface area contributed by atoms with Crippen LogP contribution in [0.25, 0.3) is 0 Å². The van der Waals surface area contributed by atoms with Crippen LogP contribution in [0.2, 0.25) is 0 Å². The minimum atomic E-state index is -0.0158. The standard InChI is InChI=1S/C17H16N2O/c1-13-4-2-3-5-16(13)12-19-17(20)10-14-6-8-15(11-18)9-7-14/h2-9H,10,12H2,1H3,(H,19,20). The quantitative estimate of drug-likeness (QED) is 0.923. The van der Waals surface area contributed by atoms with E-state index in [1.165, 1.54) is 5.56 Å². The number of hydrogen-bond donors (Lipinski definition) is 1. The smallest absolute Gasteiger partial charge is 0.224 e. The topological polar surface area (TPSA) is 52.9 Å². The Morgan fingerprint density at radius 2 is 1.85 bits per heavy atom. The number of carbonyl (C=O) groups excluding carboxylic acids is 1. The number of benzene rings is 2. The Kier molecular flexibility index (Phi) is 4.52. The minimum Gasteiger partial charge on any atom is -0.352 e. The molecule has 2 aromatic carbocycles. The SMILES string of the molecule is Cc1ccccc1CNC(=O)Cc1ccc(C#N)cc1. The summed E-state index contributed by atoms with van der Waals surface area (Å²) in [6.07, 6.45) is 0.331. The summed E-state index contributed by atoms with van der Waals surface area (Å²) in [5.74, 6) is -0.0158. The molecule has 0 saturated carbocycles. The maximum atomic E-state index is 11.9. The zero-order valence-corrected chi connectivity index (χ0v) is 11.4. The molecule has 0 aliphatic heterocycles. The van der Waals surface area contributed by atoms with Gasteiger partial charge in [-0.1, -0.05) is 36.4 Å². The molecule has 3 nitrogen and oxygen atoms in total. The van der Waals surface area contributed by atoms with E-state index in [0.29, 0.717) is 18.5 Å². The van der Waals surface area contributed by atoms with Crippen molar-refractivity contribution in [2.75, 3.05) is 0 Å². The molecule has 100 valence electrons. The fourth-order valence-corrected chi connectivity index (χ4v) is 1.95. The number of hydrogen-bond acceptors (Lipinski definition) is 2. The Morgan fingerprint density at radius 3 is 2.50 bits per heavy atom. The highest BCUT2D eigenvalue weighted by molar-refractivity contribution is 5.78. The number of nitriles is 1. The van der Waals surface area contributed by atoms with Crippen molar-refractivity contribution in [1.82, 2.24) is 5.32 Å². The van der Waals surface area contributed by atoms with Gasteiger partial charge in [-0.25, -0.2) is 0 Å². The van der Waals surface area contributed by atoms with Gasteiger partial charge in [-0.15, -0.1) is 0 Å². The minimum absolute atomic E-state index is 0.0158. The number of carbonyl (C=O) groups is 1. The molecule has 0 saturated heterocycles. The Hall–Kier alpha value is -2.60. The molecule has 0 radical (unpaired) electrons. The van der Waals surface area contributed by atoms with E-state index in [1.54, 1.807) is 12.1 Å². The van der Waals surface area contributed by atoms with E-state index in [4.69, 9.17) is 5.26 Å². The number of nitrogens with one attached hydrogen (secondary N) is 1. The van der Waals surface area contributed by atoms with E-state index < -0.39 is 0 Å². The molecule has 0 spiro atoms. The van der Waals surface area contributed by atoms with Crippen LogP contribution in [0, 0.1) is 18.3 Å². The maximum absolute atomic E-state index is 11.9. The molecule has 3 heteroatoms. The molecular weight excluding hydrogens is 248 g/mol. The summed E-state index contributed by atoms with van der Waals surface area (Å²) >= 11 is 0. The molecule has 0 aliphatic rings. The van der Waals surface area contributed by atoms with Crippen molar-refractivity contribution in [3.8, 4) is 6.07 Å². The molecule has 1 N–H and O–H groups in total. The first-order chi connectivity index (χ1) is 9.69. The molecule has 2 aromatic rings. The second-order valence-electron chi connectivity index (χ2n) is 4.69. The Labute approximate surface area is 118 Å². The van der Waals surface area contributed by atoms with E-state index in [9.17, 15) is 4.79 Å². The van der Waals surface area contributed by atoms with E-state index in [0.717, 1.165) is 11.1 Å². The van der Waals surface area contributed by atoms with Gasteiger partial charge < -0.3 is 5.32 Å². The lowest BCUT2D eigenvalue weighted by atomic mass is 10.1. The van der Waals surface area contributed by atoms with Crippen LogP contribution in [0.1, 0.15) is 22.3 Å². The molecule has 0 aliphatic carbocycles. The van der Waals surface area contributed by atoms with Crippen molar-refractivity contribution in [2.45, 2.75) is 19.9 Å². The summed E-state index contributed by atoms with van der Waals surface area (Å²) in [6, 6.07) is 17.1. The van der Waals surface area contributed by atoms with Crippen LogP contribution in [0.5, 0.6) is 0 Å². The molecule has 2 rings (SSSR count). The van der Waals surface area contributed by atoms with Gasteiger partial charge in [0.05, 0.1) is 18.1 Å². The van der Waals surface area contributed by atoms with Gasteiger partial charge in [0, 0.05) is 6.54 Å². The van der Waals surface area contributed by atoms with E-state index in [-0.39, 0.29) is 5.91 Å². The highest BCUT2D eigenvalue weighted by Crippen LogP contribution is 2.07. The van der Waals surface area contributed by atoms with Crippen molar-refractivity contribution in [2.24, 2.45) is 0 Å². The first-order valence-electron chi connectivity index (χ1n) is 6.49. The number of nitrogens with zero attached hydrogens (tertiary/aromatic N) is 1. The Bertz CT molecular complexity index is 639. The normalized spacial score (nSPS) is 9.80. The van der Waals surface area contributed by atoms with Gasteiger partial charge >= 0.3 is 0 Å². The molecule has 0 heterocycles. The van der Waals surface area contributed by atoms with Gasteiger partial charge in [-0.2, -0.15) is 5.26 Å². The summed E-state index contributed by atoms with van der Waals surface area (Å²) in [4.78, 5) is 11.9. The zero-order valence-electron chi connectivity index (χ0n) is 11.4. The summed E-state index contributed by atoms with van der Waals surface area (Å²) in [5.41, 5.74) is 3.81. The predicted octanol–water partition coefficient (Wildman–Crippen LogP) is 2.73. The van der Waals surface area contributed by atoms with Crippen LogP contribution in [-0.4, -0.2) is 5.91 Å². The summed E-state index contributed by atoms with van der Waals surface area (Å²) in [5, 5.41) is 11.6. The molecular formula is C17H16N2O. The average Bonchev–Trinajstić information content (AvgIpc) is 2.47. The molecule has 1 amide bonds. The Balaban J connectivity index is 1.89. The zero-order chi connectivity index (χ0) is 14.4. The monoisotopic (exact) mass is 264 g/mol. The summed E-state index contributed by atoms with van der Waals surface area (Å²) < 4.78 is 0. The van der Waals surface area contributed by atoms with Crippen molar-refractivity contribution < 1.29 is 4.79 Å². The Morgan fingerprint density at radius 1 is 1.15 bits per heavy atom. The molecule has 0 atom stereocenters. The molecule has 0 bridgehead atoms. The van der Waals surface area contributed by atoms with Gasteiger partial charge in [0.2, 0.25) is 5.91 Å². The predicted molar refractivity (Wildman–Crippen MR) is 77.9 cm³/mol. The van der Waals surface area contributed by atoms with Crippen molar-refractivity contribution in [1.29, 1.82) is 5.26 Å². The lowest BCUT2D eigenvalue weighted by Crippen LogP contribution is -2.24. The molecule has 0 unspecified atom stereocenters. The van der Waals surface area contributed by atoms with Crippen molar-refractivity contribution in [3.63, 3.8) is 0 Å². The highest BCUT2D eigenvalue weighted by Gasteiger charge is 2.04. The number of rotatable bonds is 4. The van der Waals surface area contributed by atoms with Crippen LogP contribution in [0.15, 0.2) is 48.5 Å². The van der Waals surface area contributed by atoms with Gasteiger partial charge in [-0.3, -0.25) is 4.79 Å². The third kappa shape index (κ3) is 3.69. The number of amides is 1. The summed E-state index contributed by atoms with van der Waals surface area (Å²) in [6.45, 7) is 2.57. The van der Waals surface area contributed by atoms with Crippen LogP contribution < -0.4 is 5.32 Å². The molecule has 0 aromatic heterocycles.